The fraction of sp³-hybridized carbons (Fsp3) is 1.00. The van der Waals surface area contributed by atoms with E-state index in [-0.39, 0.29) is 12.5 Å². The molecule has 0 bridgehead atoms. The number of aliphatic hydroxyl groups is 2. The zero-order chi connectivity index (χ0) is 6.41. The summed E-state index contributed by atoms with van der Waals surface area (Å²) in [5.41, 5.74) is 0. The highest BCUT2D eigenvalue weighted by Gasteiger charge is 2.04. The van der Waals surface area contributed by atoms with E-state index in [9.17, 15) is 0 Å². The SMILES string of the molecule is CCC[SiH](CO)CO. The van der Waals surface area contributed by atoms with Crippen molar-refractivity contribution in [2.45, 2.75) is 19.4 Å². The minimum absolute atomic E-state index is 0.254. The van der Waals surface area contributed by atoms with Gasteiger partial charge in [0, 0.05) is 12.5 Å². The van der Waals surface area contributed by atoms with Gasteiger partial charge in [0.2, 0.25) is 0 Å². The average Bonchev–Trinajstić information content (AvgIpc) is 1.83. The Morgan fingerprint density at radius 2 is 1.75 bits per heavy atom. The predicted molar refractivity (Wildman–Crippen MR) is 36.4 cm³/mol. The smallest absolute Gasteiger partial charge is 0.0968 e. The molecule has 50 valence electrons. The predicted octanol–water partition coefficient (Wildman–Crippen LogP) is -0.314. The summed E-state index contributed by atoms with van der Waals surface area (Å²) < 4.78 is 0. The first-order valence-electron chi connectivity index (χ1n) is 3.06. The van der Waals surface area contributed by atoms with Crippen molar-refractivity contribution < 1.29 is 10.2 Å². The minimum Gasteiger partial charge on any atom is -0.400 e. The quantitative estimate of drug-likeness (QED) is 0.518. The molecule has 0 aromatic carbocycles. The van der Waals surface area contributed by atoms with Crippen LogP contribution in [0, 0.1) is 0 Å². The lowest BCUT2D eigenvalue weighted by Gasteiger charge is -2.04. The molecular formula is C5H14O2Si. The molecule has 2 N–H and O–H groups in total. The topological polar surface area (TPSA) is 40.5 Å². The summed E-state index contributed by atoms with van der Waals surface area (Å²) in [6.45, 7) is 2.07. The third-order valence-electron chi connectivity index (χ3n) is 1.21. The highest BCUT2D eigenvalue weighted by atomic mass is 28.3. The van der Waals surface area contributed by atoms with Crippen molar-refractivity contribution in [2.75, 3.05) is 12.5 Å². The van der Waals surface area contributed by atoms with Gasteiger partial charge in [-0.3, -0.25) is 0 Å². The Bertz CT molecular complexity index is 45.7. The summed E-state index contributed by atoms with van der Waals surface area (Å²) in [6, 6.07) is 1.06. The van der Waals surface area contributed by atoms with E-state index in [1.165, 1.54) is 0 Å². The zero-order valence-electron chi connectivity index (χ0n) is 5.30. The molecule has 0 saturated heterocycles. The third kappa shape index (κ3) is 3.18. The van der Waals surface area contributed by atoms with E-state index in [2.05, 4.69) is 6.92 Å². The van der Waals surface area contributed by atoms with Crippen molar-refractivity contribution in [1.82, 2.24) is 0 Å². The fourth-order valence-corrected chi connectivity index (χ4v) is 1.95. The van der Waals surface area contributed by atoms with Crippen LogP contribution in [-0.4, -0.2) is 31.5 Å². The van der Waals surface area contributed by atoms with Crippen LogP contribution in [0.25, 0.3) is 0 Å². The maximum atomic E-state index is 8.56. The normalized spacial score (nSPS) is 10.5. The monoisotopic (exact) mass is 134 g/mol. The van der Waals surface area contributed by atoms with Crippen LogP contribution in [0.1, 0.15) is 13.3 Å². The van der Waals surface area contributed by atoms with Crippen LogP contribution in [0.5, 0.6) is 0 Å². The molecule has 0 amide bonds. The van der Waals surface area contributed by atoms with Gasteiger partial charge in [0.05, 0.1) is 8.80 Å². The van der Waals surface area contributed by atoms with E-state index in [1.807, 2.05) is 0 Å². The molecule has 0 saturated carbocycles. The van der Waals surface area contributed by atoms with Gasteiger partial charge in [0.25, 0.3) is 0 Å². The molecule has 0 aliphatic carbocycles. The second kappa shape index (κ2) is 5.28. The van der Waals surface area contributed by atoms with E-state index in [1.54, 1.807) is 0 Å². The molecule has 0 unspecified atom stereocenters. The Morgan fingerprint density at radius 3 is 1.88 bits per heavy atom. The largest absolute Gasteiger partial charge is 0.400 e. The van der Waals surface area contributed by atoms with Crippen LogP contribution in [0.15, 0.2) is 0 Å². The Morgan fingerprint density at radius 1 is 1.25 bits per heavy atom. The van der Waals surface area contributed by atoms with E-state index in [0.717, 1.165) is 12.5 Å². The van der Waals surface area contributed by atoms with Gasteiger partial charge in [0.1, 0.15) is 0 Å². The van der Waals surface area contributed by atoms with Gasteiger partial charge in [-0.15, -0.1) is 0 Å². The van der Waals surface area contributed by atoms with Crippen LogP contribution in [0.3, 0.4) is 0 Å². The fourth-order valence-electron chi connectivity index (χ4n) is 0.649. The molecule has 3 heteroatoms. The maximum Gasteiger partial charge on any atom is 0.0968 e. The van der Waals surface area contributed by atoms with Crippen LogP contribution >= 0.6 is 0 Å². The van der Waals surface area contributed by atoms with Gasteiger partial charge in [0.15, 0.2) is 0 Å². The van der Waals surface area contributed by atoms with Crippen molar-refractivity contribution in [3.63, 3.8) is 0 Å². The number of hydrogen-bond donors (Lipinski definition) is 2. The Labute approximate surface area is 51.8 Å². The Balaban J connectivity index is 3.07. The number of rotatable bonds is 4. The minimum atomic E-state index is -1.08. The van der Waals surface area contributed by atoms with Crippen LogP contribution in [0.4, 0.5) is 0 Å². The van der Waals surface area contributed by atoms with Gasteiger partial charge in [-0.25, -0.2) is 0 Å². The van der Waals surface area contributed by atoms with E-state index >= 15 is 0 Å². The lowest BCUT2D eigenvalue weighted by molar-refractivity contribution is 0.328. The summed E-state index contributed by atoms with van der Waals surface area (Å²) in [4.78, 5) is 0. The lowest BCUT2D eigenvalue weighted by atomic mass is 10.6. The third-order valence-corrected chi connectivity index (χ3v) is 3.64. The van der Waals surface area contributed by atoms with Crippen LogP contribution < -0.4 is 0 Å². The second-order valence-electron chi connectivity index (χ2n) is 2.02. The molecule has 0 aromatic heterocycles. The molecule has 0 aromatic rings. The van der Waals surface area contributed by atoms with Crippen molar-refractivity contribution in [3.8, 4) is 0 Å². The van der Waals surface area contributed by atoms with Crippen LogP contribution in [0.2, 0.25) is 6.04 Å². The van der Waals surface area contributed by atoms with Crippen molar-refractivity contribution in [1.29, 1.82) is 0 Å². The average molecular weight is 134 g/mol. The molecule has 0 rings (SSSR count). The van der Waals surface area contributed by atoms with E-state index in [0.29, 0.717) is 0 Å². The summed E-state index contributed by atoms with van der Waals surface area (Å²) in [6.07, 6.45) is 1.60. The number of aliphatic hydroxyl groups excluding tert-OH is 2. The standard InChI is InChI=1S/C5H14O2Si/c1-2-3-8(4-6)5-7/h6-8H,2-5H2,1H3. The van der Waals surface area contributed by atoms with Gasteiger partial charge >= 0.3 is 0 Å². The van der Waals surface area contributed by atoms with Gasteiger partial charge in [-0.2, -0.15) is 0 Å². The lowest BCUT2D eigenvalue weighted by Crippen LogP contribution is -2.23. The molecule has 8 heavy (non-hydrogen) atoms. The van der Waals surface area contributed by atoms with Crippen molar-refractivity contribution in [2.24, 2.45) is 0 Å². The zero-order valence-corrected chi connectivity index (χ0v) is 6.45. The molecule has 0 aliphatic heterocycles. The first kappa shape index (κ1) is 8.14. The maximum absolute atomic E-state index is 8.56. The van der Waals surface area contributed by atoms with Crippen molar-refractivity contribution >= 4 is 8.80 Å². The summed E-state index contributed by atoms with van der Waals surface area (Å²) in [5.74, 6) is 0. The molecule has 2 nitrogen and oxygen atoms in total. The highest BCUT2D eigenvalue weighted by molar-refractivity contribution is 6.58. The first-order valence-corrected chi connectivity index (χ1v) is 5.51. The van der Waals surface area contributed by atoms with Gasteiger partial charge in [-0.05, 0) is 0 Å². The summed E-state index contributed by atoms with van der Waals surface area (Å²) >= 11 is 0. The second-order valence-corrected chi connectivity index (χ2v) is 5.06. The molecule has 0 aliphatic rings. The highest BCUT2D eigenvalue weighted by Crippen LogP contribution is 1.93. The Hall–Kier alpha value is 0.137. The van der Waals surface area contributed by atoms with Gasteiger partial charge < -0.3 is 10.2 Å². The molecule has 0 heterocycles. The van der Waals surface area contributed by atoms with Crippen molar-refractivity contribution in [3.05, 3.63) is 0 Å². The van der Waals surface area contributed by atoms with E-state index < -0.39 is 8.80 Å². The summed E-state index contributed by atoms with van der Waals surface area (Å²) in [7, 11) is -1.08. The van der Waals surface area contributed by atoms with Gasteiger partial charge in [-0.1, -0.05) is 19.4 Å². The van der Waals surface area contributed by atoms with E-state index in [4.69, 9.17) is 10.2 Å². The first-order chi connectivity index (χ1) is 3.85. The molecule has 0 fully saturated rings. The molecule has 0 atom stereocenters. The number of hydrogen-bond acceptors (Lipinski definition) is 2. The van der Waals surface area contributed by atoms with Crippen LogP contribution in [-0.2, 0) is 0 Å². The molecule has 0 radical (unpaired) electrons. The summed E-state index contributed by atoms with van der Waals surface area (Å²) in [5, 5.41) is 17.1. The molecular weight excluding hydrogens is 120 g/mol. The molecule has 0 spiro atoms. The Kier molecular flexibility index (Phi) is 5.37.